The maximum Gasteiger partial charge on any atom is 0.229 e. The van der Waals surface area contributed by atoms with Gasteiger partial charge in [-0.15, -0.1) is 0 Å². The van der Waals surface area contributed by atoms with E-state index in [2.05, 4.69) is 0 Å². The van der Waals surface area contributed by atoms with Gasteiger partial charge in [-0.1, -0.05) is 72.8 Å². The Bertz CT molecular complexity index is 1660. The van der Waals surface area contributed by atoms with Gasteiger partial charge >= 0.3 is 0 Å². The Morgan fingerprint density at radius 3 is 1.54 bits per heavy atom. The molecule has 10 unspecified atom stereocenters. The Labute approximate surface area is 276 Å². The molecule has 2 aliphatic heterocycles. The van der Waals surface area contributed by atoms with Crippen molar-refractivity contribution in [1.82, 2.24) is 0 Å². The lowest BCUT2D eigenvalue weighted by Gasteiger charge is -2.39. The van der Waals surface area contributed by atoms with Crippen molar-refractivity contribution in [1.29, 1.82) is 0 Å². The van der Waals surface area contributed by atoms with Crippen LogP contribution in [-0.4, -0.2) is 115 Å². The molecule has 254 valence electrons. The van der Waals surface area contributed by atoms with Crippen LogP contribution in [0.3, 0.4) is 0 Å². The molecule has 12 nitrogen and oxygen atoms in total. The molecule has 0 aromatic heterocycles. The zero-order chi connectivity index (χ0) is 33.9. The van der Waals surface area contributed by atoms with E-state index in [0.717, 1.165) is 27.8 Å². The molecule has 0 radical (unpaired) electrons. The zero-order valence-electron chi connectivity index (χ0n) is 25.6. The Hall–Kier alpha value is -3.92. The SMILES string of the molecule is OCC1OC(Oc2cccc(-c3cccc(-c4ccc(-c5ccccc5)c(OC5OC(CO)C(O)C(O)C5O)c4)c3)c2)C(O)C(O)C1O. The lowest BCUT2D eigenvalue weighted by Crippen LogP contribution is -2.60. The van der Waals surface area contributed by atoms with E-state index in [0.29, 0.717) is 17.1 Å². The fourth-order valence-electron chi connectivity index (χ4n) is 5.87. The molecule has 2 heterocycles. The number of benzene rings is 4. The van der Waals surface area contributed by atoms with Gasteiger partial charge in [0.1, 0.15) is 60.3 Å². The fourth-order valence-corrected chi connectivity index (χ4v) is 5.87. The summed E-state index contributed by atoms with van der Waals surface area (Å²) in [5.74, 6) is 0.660. The molecular weight excluding hydrogens is 624 g/mol. The minimum atomic E-state index is -1.60. The summed E-state index contributed by atoms with van der Waals surface area (Å²) in [6.45, 7) is -1.16. The Kier molecular flexibility index (Phi) is 10.4. The first-order valence-electron chi connectivity index (χ1n) is 15.5. The van der Waals surface area contributed by atoms with E-state index in [1.165, 1.54) is 0 Å². The van der Waals surface area contributed by atoms with E-state index in [9.17, 15) is 40.9 Å². The van der Waals surface area contributed by atoms with Gasteiger partial charge in [0.15, 0.2) is 0 Å². The monoisotopic (exact) mass is 662 g/mol. The van der Waals surface area contributed by atoms with Gasteiger partial charge in [-0.25, -0.2) is 0 Å². The largest absolute Gasteiger partial charge is 0.462 e. The molecule has 0 bridgehead atoms. The second-order valence-corrected chi connectivity index (χ2v) is 11.8. The van der Waals surface area contributed by atoms with Crippen molar-refractivity contribution in [2.24, 2.45) is 0 Å². The third-order valence-electron chi connectivity index (χ3n) is 8.62. The summed E-state index contributed by atoms with van der Waals surface area (Å²) in [6, 6.07) is 29.6. The van der Waals surface area contributed by atoms with E-state index in [4.69, 9.17) is 18.9 Å². The maximum atomic E-state index is 10.7. The Morgan fingerprint density at radius 1 is 0.458 bits per heavy atom. The molecule has 0 aliphatic carbocycles. The van der Waals surface area contributed by atoms with E-state index in [1.807, 2.05) is 72.8 Å². The molecule has 4 aromatic rings. The molecule has 48 heavy (non-hydrogen) atoms. The number of aliphatic hydroxyl groups excluding tert-OH is 8. The van der Waals surface area contributed by atoms with Gasteiger partial charge in [-0.3, -0.25) is 0 Å². The van der Waals surface area contributed by atoms with Gasteiger partial charge in [0.05, 0.1) is 13.2 Å². The minimum Gasteiger partial charge on any atom is -0.462 e. The van der Waals surface area contributed by atoms with Gasteiger partial charge < -0.3 is 59.8 Å². The molecule has 10 atom stereocenters. The smallest absolute Gasteiger partial charge is 0.229 e. The van der Waals surface area contributed by atoms with Crippen LogP contribution in [0.2, 0.25) is 0 Å². The number of aliphatic hydroxyl groups is 8. The van der Waals surface area contributed by atoms with Crippen LogP contribution < -0.4 is 9.47 Å². The van der Waals surface area contributed by atoms with Crippen LogP contribution in [0, 0.1) is 0 Å². The van der Waals surface area contributed by atoms with Gasteiger partial charge in [-0.2, -0.15) is 0 Å². The van der Waals surface area contributed by atoms with Gasteiger partial charge in [0.25, 0.3) is 0 Å². The fraction of sp³-hybridized carbons (Fsp3) is 0.333. The van der Waals surface area contributed by atoms with E-state index >= 15 is 0 Å². The first-order valence-corrected chi connectivity index (χ1v) is 15.5. The standard InChI is InChI=1S/C36H38O12/c37-17-27-29(39)31(41)33(43)35(47-27)45-24-11-5-10-22(15-24)20-8-4-9-21(14-20)23-12-13-25(19-6-2-1-3-7-19)26(16-23)46-36-34(44)32(42)30(40)28(18-38)48-36/h1-16,27-44H,17-18H2. The number of hydrogen-bond donors (Lipinski definition) is 8. The first-order chi connectivity index (χ1) is 23.2. The summed E-state index contributed by atoms with van der Waals surface area (Å²) < 4.78 is 23.1. The summed E-state index contributed by atoms with van der Waals surface area (Å²) in [4.78, 5) is 0. The molecule has 2 aliphatic rings. The second-order valence-electron chi connectivity index (χ2n) is 11.8. The van der Waals surface area contributed by atoms with Crippen molar-refractivity contribution in [3.8, 4) is 44.9 Å². The van der Waals surface area contributed by atoms with Crippen LogP contribution in [0.1, 0.15) is 0 Å². The summed E-state index contributed by atoms with van der Waals surface area (Å²) in [5, 5.41) is 81.0. The molecule has 0 spiro atoms. The predicted octanol–water partition coefficient (Wildman–Crippen LogP) is 1.05. The van der Waals surface area contributed by atoms with Crippen LogP contribution in [0.15, 0.2) is 97.1 Å². The summed E-state index contributed by atoms with van der Waals surface area (Å²) in [6.07, 6.45) is -14.3. The molecule has 4 aromatic carbocycles. The van der Waals surface area contributed by atoms with Gasteiger partial charge in [-0.05, 0) is 52.1 Å². The van der Waals surface area contributed by atoms with Crippen LogP contribution in [0.4, 0.5) is 0 Å². The topological polar surface area (TPSA) is 199 Å². The van der Waals surface area contributed by atoms with Crippen molar-refractivity contribution in [3.05, 3.63) is 97.1 Å². The highest BCUT2D eigenvalue weighted by molar-refractivity contribution is 5.79. The minimum absolute atomic E-state index is 0.324. The molecule has 0 amide bonds. The molecule has 2 saturated heterocycles. The van der Waals surface area contributed by atoms with Crippen LogP contribution in [-0.2, 0) is 9.47 Å². The average molecular weight is 663 g/mol. The summed E-state index contributed by atoms with van der Waals surface area (Å²) >= 11 is 0. The lowest BCUT2D eigenvalue weighted by molar-refractivity contribution is -0.277. The van der Waals surface area contributed by atoms with Crippen LogP contribution >= 0.6 is 0 Å². The Morgan fingerprint density at radius 2 is 0.958 bits per heavy atom. The Balaban J connectivity index is 1.29. The average Bonchev–Trinajstić information content (AvgIpc) is 3.12. The zero-order valence-corrected chi connectivity index (χ0v) is 25.6. The number of rotatable bonds is 9. The van der Waals surface area contributed by atoms with Crippen molar-refractivity contribution in [2.75, 3.05) is 13.2 Å². The highest BCUT2D eigenvalue weighted by atomic mass is 16.7. The van der Waals surface area contributed by atoms with Crippen molar-refractivity contribution in [2.45, 2.75) is 61.4 Å². The number of hydrogen-bond acceptors (Lipinski definition) is 12. The molecule has 6 rings (SSSR count). The summed E-state index contributed by atoms with van der Waals surface area (Å²) in [5.41, 5.74) is 4.66. The first kappa shape index (κ1) is 34.0. The normalized spacial score (nSPS) is 30.5. The molecule has 12 heteroatoms. The van der Waals surface area contributed by atoms with Crippen LogP contribution in [0.25, 0.3) is 33.4 Å². The molecule has 0 saturated carbocycles. The van der Waals surface area contributed by atoms with Crippen molar-refractivity contribution in [3.63, 3.8) is 0 Å². The van der Waals surface area contributed by atoms with Gasteiger partial charge in [0.2, 0.25) is 12.6 Å². The highest BCUT2D eigenvalue weighted by Gasteiger charge is 2.46. The quantitative estimate of drug-likeness (QED) is 0.127. The van der Waals surface area contributed by atoms with Gasteiger partial charge in [0, 0.05) is 5.56 Å². The predicted molar refractivity (Wildman–Crippen MR) is 172 cm³/mol. The number of ether oxygens (including phenoxy) is 4. The molecule has 8 N–H and O–H groups in total. The highest BCUT2D eigenvalue weighted by Crippen LogP contribution is 2.38. The van der Waals surface area contributed by atoms with E-state index < -0.39 is 74.6 Å². The molecular formula is C36H38O12. The maximum absolute atomic E-state index is 10.7. The van der Waals surface area contributed by atoms with Crippen molar-refractivity contribution < 1.29 is 59.8 Å². The van der Waals surface area contributed by atoms with E-state index in [-0.39, 0.29) is 0 Å². The molecule has 2 fully saturated rings. The lowest BCUT2D eigenvalue weighted by atomic mass is 9.96. The summed E-state index contributed by atoms with van der Waals surface area (Å²) in [7, 11) is 0. The van der Waals surface area contributed by atoms with Crippen molar-refractivity contribution >= 4 is 0 Å². The third kappa shape index (κ3) is 6.95. The second kappa shape index (κ2) is 14.7. The van der Waals surface area contributed by atoms with E-state index in [1.54, 1.807) is 24.3 Å². The third-order valence-corrected chi connectivity index (χ3v) is 8.62. The van der Waals surface area contributed by atoms with Crippen LogP contribution in [0.5, 0.6) is 11.5 Å².